The van der Waals surface area contributed by atoms with Gasteiger partial charge in [0.1, 0.15) is 18.3 Å². The fraction of sp³-hybridized carbons (Fsp3) is 0.355. The molecular formula is C31H37Cl2N3O5S. The summed E-state index contributed by atoms with van der Waals surface area (Å²) in [4.78, 5) is 29.0. The van der Waals surface area contributed by atoms with Gasteiger partial charge in [0.05, 0.1) is 17.2 Å². The smallest absolute Gasteiger partial charge is 0.264 e. The van der Waals surface area contributed by atoms with Crippen molar-refractivity contribution in [2.24, 2.45) is 0 Å². The Bertz CT molecular complexity index is 1470. The Hall–Kier alpha value is -3.27. The molecule has 0 spiro atoms. The van der Waals surface area contributed by atoms with E-state index in [1.165, 1.54) is 29.2 Å². The minimum atomic E-state index is -4.27. The number of nitrogens with zero attached hydrogens (tertiary/aromatic N) is 2. The predicted molar refractivity (Wildman–Crippen MR) is 168 cm³/mol. The molecule has 0 aliphatic carbocycles. The molecule has 0 fully saturated rings. The number of nitrogens with one attached hydrogen (secondary N) is 1. The van der Waals surface area contributed by atoms with Gasteiger partial charge >= 0.3 is 0 Å². The molecule has 42 heavy (non-hydrogen) atoms. The predicted octanol–water partition coefficient (Wildman–Crippen LogP) is 6.31. The number of rotatable bonds is 12. The van der Waals surface area contributed by atoms with E-state index in [-0.39, 0.29) is 29.6 Å². The third kappa shape index (κ3) is 8.63. The van der Waals surface area contributed by atoms with Crippen molar-refractivity contribution >= 4 is 50.7 Å². The van der Waals surface area contributed by atoms with E-state index in [1.54, 1.807) is 55.5 Å². The van der Waals surface area contributed by atoms with E-state index in [0.29, 0.717) is 22.2 Å². The first-order valence-electron chi connectivity index (χ1n) is 13.6. The van der Waals surface area contributed by atoms with Crippen LogP contribution in [-0.4, -0.2) is 49.9 Å². The van der Waals surface area contributed by atoms with E-state index in [1.807, 2.05) is 27.7 Å². The van der Waals surface area contributed by atoms with Crippen molar-refractivity contribution in [1.29, 1.82) is 0 Å². The van der Waals surface area contributed by atoms with E-state index in [9.17, 15) is 18.0 Å². The Morgan fingerprint density at radius 3 is 2.02 bits per heavy atom. The van der Waals surface area contributed by atoms with Crippen molar-refractivity contribution in [3.8, 4) is 5.75 Å². The van der Waals surface area contributed by atoms with Gasteiger partial charge in [-0.1, -0.05) is 54.4 Å². The van der Waals surface area contributed by atoms with Crippen molar-refractivity contribution in [1.82, 2.24) is 10.2 Å². The minimum Gasteiger partial charge on any atom is -0.492 e. The Morgan fingerprint density at radius 1 is 0.905 bits per heavy atom. The highest BCUT2D eigenvalue weighted by Crippen LogP contribution is 2.33. The molecule has 0 aromatic heterocycles. The average molecular weight is 635 g/mol. The first kappa shape index (κ1) is 33.2. The molecule has 2 amide bonds. The van der Waals surface area contributed by atoms with Gasteiger partial charge in [0.25, 0.3) is 10.0 Å². The number of hydrogen-bond donors (Lipinski definition) is 1. The highest BCUT2D eigenvalue weighted by Gasteiger charge is 2.35. The minimum absolute atomic E-state index is 0.0484. The van der Waals surface area contributed by atoms with Crippen LogP contribution in [0.25, 0.3) is 0 Å². The molecule has 0 aliphatic heterocycles. The summed E-state index contributed by atoms with van der Waals surface area (Å²) in [6.45, 7) is 8.93. The van der Waals surface area contributed by atoms with E-state index >= 15 is 0 Å². The number of benzene rings is 3. The van der Waals surface area contributed by atoms with Gasteiger partial charge in [0.15, 0.2) is 0 Å². The van der Waals surface area contributed by atoms with Gasteiger partial charge < -0.3 is 15.0 Å². The van der Waals surface area contributed by atoms with Crippen molar-refractivity contribution in [2.75, 3.05) is 17.5 Å². The Labute approximate surface area is 258 Å². The highest BCUT2D eigenvalue weighted by molar-refractivity contribution is 7.92. The van der Waals surface area contributed by atoms with Crippen molar-refractivity contribution in [3.63, 3.8) is 0 Å². The molecule has 0 radical (unpaired) electrons. The lowest BCUT2D eigenvalue weighted by Crippen LogP contribution is -2.55. The van der Waals surface area contributed by atoms with Crippen LogP contribution in [0.1, 0.15) is 46.6 Å². The van der Waals surface area contributed by atoms with Crippen molar-refractivity contribution in [2.45, 2.75) is 64.1 Å². The fourth-order valence-electron chi connectivity index (χ4n) is 4.35. The van der Waals surface area contributed by atoms with Crippen LogP contribution in [0.4, 0.5) is 5.69 Å². The lowest BCUT2D eigenvalue weighted by atomic mass is 10.1. The first-order chi connectivity index (χ1) is 19.8. The van der Waals surface area contributed by atoms with Crippen LogP contribution < -0.4 is 14.4 Å². The molecule has 1 atom stereocenters. The Kier molecular flexibility index (Phi) is 11.3. The molecule has 8 nitrogen and oxygen atoms in total. The second kappa shape index (κ2) is 14.3. The summed E-state index contributed by atoms with van der Waals surface area (Å²) in [5, 5.41) is 3.86. The van der Waals surface area contributed by atoms with Gasteiger partial charge in [-0.3, -0.25) is 13.9 Å². The van der Waals surface area contributed by atoms with Crippen molar-refractivity contribution in [3.05, 3.63) is 88.4 Å². The molecule has 3 rings (SSSR count). The summed E-state index contributed by atoms with van der Waals surface area (Å²) in [5.74, 6) is -0.606. The average Bonchev–Trinajstić information content (AvgIpc) is 2.92. The molecule has 0 heterocycles. The topological polar surface area (TPSA) is 96.0 Å². The van der Waals surface area contributed by atoms with Crippen LogP contribution in [0.15, 0.2) is 77.7 Å². The quantitative estimate of drug-likeness (QED) is 0.252. The molecule has 0 bridgehead atoms. The molecule has 0 saturated carbocycles. The van der Waals surface area contributed by atoms with Gasteiger partial charge in [0, 0.05) is 22.1 Å². The van der Waals surface area contributed by atoms with E-state index in [4.69, 9.17) is 27.9 Å². The number of carbonyl (C=O) groups excluding carboxylic acids is 2. The SMILES string of the molecule is CCOc1ccccc1N(CC(=O)N(Cc1ccc(Cl)cc1)[C@H](CC)C(=O)NC(C)(C)C)S(=O)(=O)c1ccc(Cl)cc1. The van der Waals surface area contributed by atoms with Crippen LogP contribution in [-0.2, 0) is 26.2 Å². The molecule has 226 valence electrons. The zero-order valence-electron chi connectivity index (χ0n) is 24.4. The van der Waals surface area contributed by atoms with Gasteiger partial charge in [-0.15, -0.1) is 0 Å². The summed E-state index contributed by atoms with van der Waals surface area (Å²) >= 11 is 12.1. The molecule has 3 aromatic carbocycles. The Balaban J connectivity index is 2.12. The largest absolute Gasteiger partial charge is 0.492 e. The summed E-state index contributed by atoms with van der Waals surface area (Å²) < 4.78 is 34.9. The molecular weight excluding hydrogens is 597 g/mol. The summed E-state index contributed by atoms with van der Waals surface area (Å²) in [6.07, 6.45) is 0.306. The maximum absolute atomic E-state index is 14.2. The molecule has 1 N–H and O–H groups in total. The van der Waals surface area contributed by atoms with E-state index in [2.05, 4.69) is 5.32 Å². The number of ether oxygens (including phenoxy) is 1. The van der Waals surface area contributed by atoms with E-state index in [0.717, 1.165) is 9.87 Å². The van der Waals surface area contributed by atoms with Crippen LogP contribution in [0, 0.1) is 0 Å². The van der Waals surface area contributed by atoms with Gasteiger partial charge in [0.2, 0.25) is 11.8 Å². The molecule has 0 aliphatic rings. The zero-order valence-corrected chi connectivity index (χ0v) is 26.8. The first-order valence-corrected chi connectivity index (χ1v) is 15.8. The van der Waals surface area contributed by atoms with Crippen LogP contribution in [0.3, 0.4) is 0 Å². The van der Waals surface area contributed by atoms with E-state index < -0.39 is 34.1 Å². The Morgan fingerprint density at radius 2 is 1.48 bits per heavy atom. The monoisotopic (exact) mass is 633 g/mol. The number of para-hydroxylation sites is 2. The second-order valence-corrected chi connectivity index (χ2v) is 13.4. The number of anilines is 1. The number of amides is 2. The number of carbonyl (C=O) groups is 2. The standard InChI is InChI=1S/C31H37Cl2N3O5S/c1-6-26(30(38)34-31(3,4)5)35(20-22-12-14-23(32)15-13-22)29(37)21-36(27-10-8-9-11-28(27)41-7-2)42(39,40)25-18-16-24(33)17-19-25/h8-19,26H,6-7,20-21H2,1-5H3,(H,34,38)/t26-/m1/s1. The number of hydrogen-bond acceptors (Lipinski definition) is 5. The molecule has 3 aromatic rings. The lowest BCUT2D eigenvalue weighted by molar-refractivity contribution is -0.141. The lowest BCUT2D eigenvalue weighted by Gasteiger charge is -2.35. The zero-order chi connectivity index (χ0) is 31.1. The van der Waals surface area contributed by atoms with Gasteiger partial charge in [-0.25, -0.2) is 8.42 Å². The summed E-state index contributed by atoms with van der Waals surface area (Å²) in [7, 11) is -4.27. The normalized spacial score (nSPS) is 12.4. The van der Waals surface area contributed by atoms with Crippen LogP contribution >= 0.6 is 23.2 Å². The highest BCUT2D eigenvalue weighted by atomic mass is 35.5. The summed E-state index contributed by atoms with van der Waals surface area (Å²) in [6, 6.07) is 18.4. The van der Waals surface area contributed by atoms with Crippen LogP contribution in [0.5, 0.6) is 5.75 Å². The number of sulfonamides is 1. The number of halogens is 2. The fourth-order valence-corrected chi connectivity index (χ4v) is 6.02. The molecule has 11 heteroatoms. The molecule has 0 unspecified atom stereocenters. The van der Waals surface area contributed by atoms with Gasteiger partial charge in [-0.2, -0.15) is 0 Å². The third-order valence-corrected chi connectivity index (χ3v) is 8.54. The van der Waals surface area contributed by atoms with Gasteiger partial charge in [-0.05, 0) is 88.2 Å². The second-order valence-electron chi connectivity index (χ2n) is 10.7. The molecule has 0 saturated heterocycles. The maximum atomic E-state index is 14.2. The summed E-state index contributed by atoms with van der Waals surface area (Å²) in [5.41, 5.74) is 0.387. The maximum Gasteiger partial charge on any atom is 0.264 e. The van der Waals surface area contributed by atoms with Crippen LogP contribution in [0.2, 0.25) is 10.0 Å². The van der Waals surface area contributed by atoms with Crippen molar-refractivity contribution < 1.29 is 22.7 Å². The third-order valence-electron chi connectivity index (χ3n) is 6.26.